The van der Waals surface area contributed by atoms with Gasteiger partial charge in [-0.2, -0.15) is 10.1 Å². The van der Waals surface area contributed by atoms with Crippen LogP contribution >= 0.6 is 0 Å². The number of H-pyrrole nitrogens is 1. The largest absolute Gasteiger partial charge is 0.368 e. The molecule has 0 aliphatic rings. The molecule has 2 heterocycles. The summed E-state index contributed by atoms with van der Waals surface area (Å²) in [6.45, 7) is 0.621. The fraction of sp³-hybridized carbons (Fsp3) is 0.133. The molecule has 0 aliphatic heterocycles. The van der Waals surface area contributed by atoms with E-state index in [0.29, 0.717) is 12.4 Å². The number of nitrogen functional groups attached to an aromatic ring is 1. The Bertz CT molecular complexity index is 857. The Morgan fingerprint density at radius 2 is 2.27 bits per heavy atom. The van der Waals surface area contributed by atoms with Crippen molar-refractivity contribution in [3.63, 3.8) is 0 Å². The van der Waals surface area contributed by atoms with E-state index < -0.39 is 0 Å². The van der Waals surface area contributed by atoms with Crippen LogP contribution in [-0.2, 0) is 0 Å². The molecule has 0 bridgehead atoms. The summed E-state index contributed by atoms with van der Waals surface area (Å²) >= 11 is 0. The first kappa shape index (κ1) is 13.9. The average molecular weight is 293 g/mol. The number of rotatable bonds is 3. The van der Waals surface area contributed by atoms with Gasteiger partial charge in [-0.25, -0.2) is 4.98 Å². The van der Waals surface area contributed by atoms with Gasteiger partial charge in [0.2, 0.25) is 5.95 Å². The number of hydrogen-bond donors (Lipinski definition) is 4. The molecule has 3 rings (SSSR count). The van der Waals surface area contributed by atoms with Gasteiger partial charge in [0, 0.05) is 17.3 Å². The first-order chi connectivity index (χ1) is 10.8. The Morgan fingerprint density at radius 3 is 3.09 bits per heavy atom. The van der Waals surface area contributed by atoms with Crippen molar-refractivity contribution >= 4 is 28.4 Å². The van der Waals surface area contributed by atoms with E-state index in [4.69, 9.17) is 5.73 Å². The van der Waals surface area contributed by atoms with Gasteiger partial charge in [0.25, 0.3) is 0 Å². The quantitative estimate of drug-likeness (QED) is 0.542. The van der Waals surface area contributed by atoms with E-state index in [1.54, 1.807) is 18.5 Å². The summed E-state index contributed by atoms with van der Waals surface area (Å²) in [5, 5.41) is 14.2. The Balaban J connectivity index is 1.98. The van der Waals surface area contributed by atoms with Crippen molar-refractivity contribution in [1.29, 1.82) is 0 Å². The molecular formula is C15H15N7. The number of aromatic amines is 1. The molecule has 0 aliphatic carbocycles. The van der Waals surface area contributed by atoms with Crippen LogP contribution in [0.4, 0.5) is 17.5 Å². The highest BCUT2D eigenvalue weighted by molar-refractivity contribution is 5.88. The van der Waals surface area contributed by atoms with Gasteiger partial charge >= 0.3 is 0 Å². The van der Waals surface area contributed by atoms with Crippen LogP contribution in [0.2, 0.25) is 0 Å². The summed E-state index contributed by atoms with van der Waals surface area (Å²) in [6, 6.07) is 5.67. The minimum Gasteiger partial charge on any atom is -0.368 e. The zero-order valence-electron chi connectivity index (χ0n) is 12.0. The summed E-state index contributed by atoms with van der Waals surface area (Å²) in [4.78, 5) is 8.00. The minimum absolute atomic E-state index is 0.225. The van der Waals surface area contributed by atoms with Gasteiger partial charge < -0.3 is 16.4 Å². The lowest BCUT2D eigenvalue weighted by Gasteiger charge is -2.07. The Labute approximate surface area is 127 Å². The third-order valence-electron chi connectivity index (χ3n) is 2.98. The molecule has 0 radical (unpaired) electrons. The van der Waals surface area contributed by atoms with Crippen LogP contribution < -0.4 is 16.4 Å². The second-order valence-corrected chi connectivity index (χ2v) is 4.62. The Morgan fingerprint density at radius 1 is 1.36 bits per heavy atom. The number of aromatic nitrogens is 4. The van der Waals surface area contributed by atoms with E-state index in [1.807, 2.05) is 19.2 Å². The van der Waals surface area contributed by atoms with E-state index in [0.717, 1.165) is 22.2 Å². The van der Waals surface area contributed by atoms with Crippen LogP contribution in [0.5, 0.6) is 0 Å². The lowest BCUT2D eigenvalue weighted by atomic mass is 10.1. The smallest absolute Gasteiger partial charge is 0.221 e. The van der Waals surface area contributed by atoms with E-state index in [2.05, 4.69) is 42.6 Å². The molecule has 3 aromatic rings. The number of fused-ring (bicyclic) bond motifs is 1. The molecule has 0 saturated carbocycles. The number of hydrogen-bond acceptors (Lipinski definition) is 6. The highest BCUT2D eigenvalue weighted by Gasteiger charge is 2.05. The third-order valence-corrected chi connectivity index (χ3v) is 2.98. The van der Waals surface area contributed by atoms with Gasteiger partial charge in [-0.05, 0) is 25.2 Å². The first-order valence-corrected chi connectivity index (χ1v) is 6.72. The Hall–Kier alpha value is -3.11. The van der Waals surface area contributed by atoms with Crippen LogP contribution in [0, 0.1) is 11.8 Å². The van der Waals surface area contributed by atoms with Gasteiger partial charge in [0.15, 0.2) is 0 Å². The van der Waals surface area contributed by atoms with E-state index in [9.17, 15) is 0 Å². The van der Waals surface area contributed by atoms with Crippen molar-refractivity contribution in [2.75, 3.05) is 24.6 Å². The van der Waals surface area contributed by atoms with Crippen molar-refractivity contribution < 1.29 is 0 Å². The van der Waals surface area contributed by atoms with Crippen LogP contribution in [0.1, 0.15) is 5.56 Å². The SMILES string of the molecule is CNCC#Cc1cc(Nc2ccnc(N)n2)cc2cn[nH]c12. The zero-order chi connectivity index (χ0) is 15.4. The molecule has 0 atom stereocenters. The van der Waals surface area contributed by atoms with Gasteiger partial charge in [-0.3, -0.25) is 5.10 Å². The molecule has 0 spiro atoms. The summed E-state index contributed by atoms with van der Waals surface area (Å²) in [5.74, 6) is 7.04. The predicted octanol–water partition coefficient (Wildman–Crippen LogP) is 1.25. The van der Waals surface area contributed by atoms with Crippen LogP contribution in [-0.4, -0.2) is 33.8 Å². The van der Waals surface area contributed by atoms with Crippen molar-refractivity contribution in [3.8, 4) is 11.8 Å². The van der Waals surface area contributed by atoms with Crippen LogP contribution in [0.15, 0.2) is 30.6 Å². The molecule has 5 N–H and O–H groups in total. The molecule has 22 heavy (non-hydrogen) atoms. The second kappa shape index (κ2) is 6.11. The summed E-state index contributed by atoms with van der Waals surface area (Å²) < 4.78 is 0. The maximum absolute atomic E-state index is 5.59. The number of nitrogens with zero attached hydrogens (tertiary/aromatic N) is 3. The van der Waals surface area contributed by atoms with Gasteiger partial charge in [0.05, 0.1) is 23.8 Å². The monoisotopic (exact) mass is 293 g/mol. The molecule has 0 amide bonds. The third kappa shape index (κ3) is 2.97. The molecular weight excluding hydrogens is 278 g/mol. The minimum atomic E-state index is 0.225. The molecule has 0 unspecified atom stereocenters. The van der Waals surface area contributed by atoms with Gasteiger partial charge in [-0.15, -0.1) is 0 Å². The molecule has 7 nitrogen and oxygen atoms in total. The summed E-state index contributed by atoms with van der Waals surface area (Å²) in [7, 11) is 1.86. The first-order valence-electron chi connectivity index (χ1n) is 6.72. The zero-order valence-corrected chi connectivity index (χ0v) is 12.0. The number of anilines is 3. The highest BCUT2D eigenvalue weighted by Crippen LogP contribution is 2.23. The van der Waals surface area contributed by atoms with Crippen LogP contribution in [0.3, 0.4) is 0 Å². The fourth-order valence-electron chi connectivity index (χ4n) is 2.05. The molecule has 110 valence electrons. The number of nitrogens with two attached hydrogens (primary N) is 1. The number of benzene rings is 1. The van der Waals surface area contributed by atoms with E-state index >= 15 is 0 Å². The lowest BCUT2D eigenvalue weighted by molar-refractivity contribution is 0.938. The topological polar surface area (TPSA) is 105 Å². The van der Waals surface area contributed by atoms with Gasteiger partial charge in [0.1, 0.15) is 5.82 Å². The maximum atomic E-state index is 5.59. The number of nitrogens with one attached hydrogen (secondary N) is 3. The van der Waals surface area contributed by atoms with E-state index in [1.165, 1.54) is 0 Å². The van der Waals surface area contributed by atoms with Crippen molar-refractivity contribution in [2.24, 2.45) is 0 Å². The second-order valence-electron chi connectivity index (χ2n) is 4.62. The molecule has 2 aromatic heterocycles. The molecule has 0 fully saturated rings. The van der Waals surface area contributed by atoms with E-state index in [-0.39, 0.29) is 5.95 Å². The standard InChI is InChI=1S/C15H15N7/c1-17-5-2-3-10-7-12(8-11-9-19-22-14(10)11)20-13-4-6-18-15(16)21-13/h4,6-9,17H,5H2,1H3,(H,19,22)(H3,16,18,20,21). The molecule has 1 aromatic carbocycles. The predicted molar refractivity (Wildman–Crippen MR) is 86.6 cm³/mol. The normalized spacial score (nSPS) is 10.2. The average Bonchev–Trinajstić information content (AvgIpc) is 2.96. The maximum Gasteiger partial charge on any atom is 0.221 e. The van der Waals surface area contributed by atoms with Crippen molar-refractivity contribution in [3.05, 3.63) is 36.2 Å². The van der Waals surface area contributed by atoms with Gasteiger partial charge in [-0.1, -0.05) is 11.8 Å². The fourth-order valence-corrected chi connectivity index (χ4v) is 2.05. The van der Waals surface area contributed by atoms with Crippen LogP contribution in [0.25, 0.3) is 10.9 Å². The van der Waals surface area contributed by atoms with Crippen molar-refractivity contribution in [1.82, 2.24) is 25.5 Å². The van der Waals surface area contributed by atoms with Crippen molar-refractivity contribution in [2.45, 2.75) is 0 Å². The highest BCUT2D eigenvalue weighted by atomic mass is 15.1. The summed E-state index contributed by atoms with van der Waals surface area (Å²) in [5.41, 5.74) is 8.24. The molecule has 0 saturated heterocycles. The summed E-state index contributed by atoms with van der Waals surface area (Å²) in [6.07, 6.45) is 3.37. The Kier molecular flexibility index (Phi) is 3.85. The lowest BCUT2D eigenvalue weighted by Crippen LogP contribution is -2.04. The molecule has 7 heteroatoms.